The first-order chi connectivity index (χ1) is 4.83. The van der Waals surface area contributed by atoms with Crippen LogP contribution in [-0.4, -0.2) is 24.5 Å². The van der Waals surface area contributed by atoms with Crippen molar-refractivity contribution in [1.82, 2.24) is 4.90 Å². The third kappa shape index (κ3) is 1.85. The van der Waals surface area contributed by atoms with Crippen LogP contribution in [0.5, 0.6) is 0 Å². The molecule has 1 rings (SSSR count). The molecule has 0 unspecified atom stereocenters. The molecule has 1 heterocycles. The van der Waals surface area contributed by atoms with Gasteiger partial charge in [0.05, 0.1) is 6.07 Å². The van der Waals surface area contributed by atoms with E-state index in [0.717, 1.165) is 12.1 Å². The molecule has 1 aliphatic rings. The topological polar surface area (TPSA) is 27.0 Å². The van der Waals surface area contributed by atoms with Gasteiger partial charge in [0.1, 0.15) is 0 Å². The summed E-state index contributed by atoms with van der Waals surface area (Å²) in [6.07, 6.45) is 3.30. The predicted molar refractivity (Wildman–Crippen MR) is 40.4 cm³/mol. The molecule has 0 aromatic heterocycles. The zero-order valence-corrected chi connectivity index (χ0v) is 6.30. The molecular weight excluding hydrogens is 124 g/mol. The summed E-state index contributed by atoms with van der Waals surface area (Å²) in [5, 5.41) is 8.40. The number of rotatable bonds is 2. The van der Waals surface area contributed by atoms with Crippen LogP contribution in [0.4, 0.5) is 0 Å². The lowest BCUT2D eigenvalue weighted by molar-refractivity contribution is 0.203. The molecule has 0 N–H and O–H groups in total. The van der Waals surface area contributed by atoms with Crippen LogP contribution >= 0.6 is 0 Å². The van der Waals surface area contributed by atoms with Gasteiger partial charge in [-0.3, -0.25) is 4.90 Å². The van der Waals surface area contributed by atoms with Crippen molar-refractivity contribution >= 4 is 0 Å². The molecule has 0 bridgehead atoms. The molecular formula is C8H12N2. The molecule has 2 nitrogen and oxygen atoms in total. The fourth-order valence-corrected chi connectivity index (χ4v) is 0.876. The van der Waals surface area contributed by atoms with Crippen LogP contribution in [0.25, 0.3) is 0 Å². The minimum Gasteiger partial charge on any atom is -0.300 e. The third-order valence-corrected chi connectivity index (χ3v) is 1.78. The summed E-state index contributed by atoms with van der Waals surface area (Å²) >= 11 is 0. The second-order valence-corrected chi connectivity index (χ2v) is 2.65. The molecule has 0 aliphatic carbocycles. The molecule has 1 aliphatic heterocycles. The summed E-state index contributed by atoms with van der Waals surface area (Å²) in [6.45, 7) is 5.21. The summed E-state index contributed by atoms with van der Waals surface area (Å²) in [6, 6.07) is 2.10. The van der Waals surface area contributed by atoms with E-state index < -0.39 is 0 Å². The summed E-state index contributed by atoms with van der Waals surface area (Å²) in [5.74, 6) is 0. The molecule has 0 spiro atoms. The fraction of sp³-hybridized carbons (Fsp3) is 0.625. The lowest BCUT2D eigenvalue weighted by Gasteiger charge is -2.29. The summed E-state index contributed by atoms with van der Waals surface area (Å²) in [7, 11) is 0. The van der Waals surface area contributed by atoms with Crippen molar-refractivity contribution in [2.75, 3.05) is 19.6 Å². The van der Waals surface area contributed by atoms with Crippen molar-refractivity contribution in [3.63, 3.8) is 0 Å². The predicted octanol–water partition coefficient (Wildman–Crippen LogP) is 1.16. The van der Waals surface area contributed by atoms with Gasteiger partial charge in [-0.2, -0.15) is 5.26 Å². The second-order valence-electron chi connectivity index (χ2n) is 2.65. The number of allylic oxidation sites excluding steroid dienone is 1. The van der Waals surface area contributed by atoms with E-state index in [1.807, 2.05) is 13.0 Å². The lowest BCUT2D eigenvalue weighted by atomic mass is 10.2. The maximum absolute atomic E-state index is 8.40. The number of nitrogens with zero attached hydrogens (tertiary/aromatic N) is 2. The van der Waals surface area contributed by atoms with Crippen LogP contribution in [0, 0.1) is 11.3 Å². The number of likely N-dealkylation sites (tertiary alicyclic amines) is 1. The molecule has 0 aromatic rings. The molecule has 1 fully saturated rings. The first-order valence-electron chi connectivity index (χ1n) is 3.62. The van der Waals surface area contributed by atoms with Crippen molar-refractivity contribution in [2.45, 2.75) is 13.3 Å². The van der Waals surface area contributed by atoms with Crippen LogP contribution in [-0.2, 0) is 0 Å². The normalized spacial score (nSPS) is 19.8. The second kappa shape index (κ2) is 3.38. The van der Waals surface area contributed by atoms with E-state index in [9.17, 15) is 0 Å². The summed E-state index contributed by atoms with van der Waals surface area (Å²) < 4.78 is 0. The maximum Gasteiger partial charge on any atom is 0.0941 e. The highest BCUT2D eigenvalue weighted by Crippen LogP contribution is 2.05. The average molecular weight is 136 g/mol. The van der Waals surface area contributed by atoms with Crippen LogP contribution in [0.2, 0.25) is 0 Å². The number of hydrogen-bond acceptors (Lipinski definition) is 2. The molecule has 1 saturated heterocycles. The van der Waals surface area contributed by atoms with Crippen molar-refractivity contribution in [3.05, 3.63) is 11.6 Å². The van der Waals surface area contributed by atoms with Crippen molar-refractivity contribution in [2.24, 2.45) is 0 Å². The van der Waals surface area contributed by atoms with E-state index in [4.69, 9.17) is 5.26 Å². The van der Waals surface area contributed by atoms with Gasteiger partial charge in [-0.25, -0.2) is 0 Å². The molecule has 0 radical (unpaired) electrons. The standard InChI is InChI=1S/C8H12N2/c1-8(7-9)3-6-10-4-2-5-10/h3H,2,4-6H2,1H3/b8-3-. The van der Waals surface area contributed by atoms with Gasteiger partial charge < -0.3 is 0 Å². The SMILES string of the molecule is C/C(C#N)=C/CN1CCC1. The molecule has 0 saturated carbocycles. The molecule has 0 aromatic carbocycles. The molecule has 0 amide bonds. The van der Waals surface area contributed by atoms with Gasteiger partial charge in [-0.1, -0.05) is 6.08 Å². The zero-order valence-electron chi connectivity index (χ0n) is 6.30. The monoisotopic (exact) mass is 136 g/mol. The Hall–Kier alpha value is -0.810. The van der Waals surface area contributed by atoms with E-state index in [0.29, 0.717) is 0 Å². The van der Waals surface area contributed by atoms with Gasteiger partial charge in [-0.15, -0.1) is 0 Å². The average Bonchev–Trinajstić information content (AvgIpc) is 1.84. The van der Waals surface area contributed by atoms with Crippen molar-refractivity contribution in [3.8, 4) is 6.07 Å². The number of hydrogen-bond donors (Lipinski definition) is 0. The van der Waals surface area contributed by atoms with Gasteiger partial charge in [0.2, 0.25) is 0 Å². The van der Waals surface area contributed by atoms with E-state index >= 15 is 0 Å². The Labute approximate surface area is 61.8 Å². The Morgan fingerprint density at radius 2 is 2.40 bits per heavy atom. The molecule has 54 valence electrons. The van der Waals surface area contributed by atoms with Crippen molar-refractivity contribution in [1.29, 1.82) is 5.26 Å². The van der Waals surface area contributed by atoms with Gasteiger partial charge in [-0.05, 0) is 26.4 Å². The molecule has 2 heteroatoms. The smallest absolute Gasteiger partial charge is 0.0941 e. The van der Waals surface area contributed by atoms with Crippen LogP contribution < -0.4 is 0 Å². The molecule has 0 atom stereocenters. The largest absolute Gasteiger partial charge is 0.300 e. The van der Waals surface area contributed by atoms with E-state index in [-0.39, 0.29) is 0 Å². The van der Waals surface area contributed by atoms with Crippen LogP contribution in [0.3, 0.4) is 0 Å². The minimum atomic E-state index is 0.826. The third-order valence-electron chi connectivity index (χ3n) is 1.78. The van der Waals surface area contributed by atoms with E-state index in [1.54, 1.807) is 0 Å². The van der Waals surface area contributed by atoms with E-state index in [2.05, 4.69) is 11.0 Å². The molecule has 10 heavy (non-hydrogen) atoms. The Bertz CT molecular complexity index is 172. The fourth-order valence-electron chi connectivity index (χ4n) is 0.876. The Morgan fingerprint density at radius 1 is 1.70 bits per heavy atom. The first-order valence-corrected chi connectivity index (χ1v) is 3.62. The van der Waals surface area contributed by atoms with Crippen LogP contribution in [0.15, 0.2) is 11.6 Å². The zero-order chi connectivity index (χ0) is 7.40. The quantitative estimate of drug-likeness (QED) is 0.533. The highest BCUT2D eigenvalue weighted by atomic mass is 15.2. The number of nitriles is 1. The van der Waals surface area contributed by atoms with Gasteiger partial charge >= 0.3 is 0 Å². The summed E-state index contributed by atoms with van der Waals surface area (Å²) in [4.78, 5) is 2.32. The van der Waals surface area contributed by atoms with Crippen LogP contribution in [0.1, 0.15) is 13.3 Å². The van der Waals surface area contributed by atoms with Gasteiger partial charge in [0.15, 0.2) is 0 Å². The highest BCUT2D eigenvalue weighted by molar-refractivity contribution is 5.17. The maximum atomic E-state index is 8.40. The van der Waals surface area contributed by atoms with Crippen molar-refractivity contribution < 1.29 is 0 Å². The first kappa shape index (κ1) is 7.30. The Morgan fingerprint density at radius 3 is 2.80 bits per heavy atom. The van der Waals surface area contributed by atoms with Gasteiger partial charge in [0, 0.05) is 12.1 Å². The summed E-state index contributed by atoms with van der Waals surface area (Å²) in [5.41, 5.74) is 0.826. The Balaban J connectivity index is 2.20. The lowest BCUT2D eigenvalue weighted by Crippen LogP contribution is -2.37. The van der Waals surface area contributed by atoms with Gasteiger partial charge in [0.25, 0.3) is 0 Å². The Kier molecular flexibility index (Phi) is 2.47. The minimum absolute atomic E-state index is 0.826. The highest BCUT2D eigenvalue weighted by Gasteiger charge is 2.10. The van der Waals surface area contributed by atoms with E-state index in [1.165, 1.54) is 19.5 Å².